The first-order valence-corrected chi connectivity index (χ1v) is 5.79. The topological polar surface area (TPSA) is 50.7 Å². The zero-order valence-corrected chi connectivity index (χ0v) is 10.1. The van der Waals surface area contributed by atoms with Crippen molar-refractivity contribution in [2.75, 3.05) is 5.32 Å². The Kier molecular flexibility index (Phi) is 2.78. The highest BCUT2D eigenvalue weighted by atomic mass is 35.5. The Balaban J connectivity index is 2.05. The lowest BCUT2D eigenvalue weighted by Crippen LogP contribution is -1.96. The molecule has 0 saturated heterocycles. The van der Waals surface area contributed by atoms with Gasteiger partial charge in [-0.1, -0.05) is 17.7 Å². The minimum absolute atomic E-state index is 0.664. The van der Waals surface area contributed by atoms with Crippen molar-refractivity contribution in [3.63, 3.8) is 0 Å². The van der Waals surface area contributed by atoms with E-state index in [1.165, 1.54) is 6.33 Å². The number of aromatic nitrogens is 3. The van der Waals surface area contributed by atoms with E-state index in [0.29, 0.717) is 10.7 Å². The summed E-state index contributed by atoms with van der Waals surface area (Å²) in [5.41, 5.74) is 1.54. The summed E-state index contributed by atoms with van der Waals surface area (Å²) in [5, 5.41) is 4.76. The van der Waals surface area contributed by atoms with Gasteiger partial charge in [0.1, 0.15) is 12.1 Å². The molecular formula is C13H9ClN4. The van der Waals surface area contributed by atoms with Crippen molar-refractivity contribution in [2.24, 2.45) is 0 Å². The van der Waals surface area contributed by atoms with Gasteiger partial charge in [0.2, 0.25) is 0 Å². The van der Waals surface area contributed by atoms with Crippen molar-refractivity contribution < 1.29 is 0 Å². The molecule has 18 heavy (non-hydrogen) atoms. The van der Waals surface area contributed by atoms with Crippen LogP contribution in [0.3, 0.4) is 0 Å². The molecule has 0 fully saturated rings. The van der Waals surface area contributed by atoms with Crippen molar-refractivity contribution in [3.8, 4) is 0 Å². The number of nitrogens with one attached hydrogen (secondary N) is 1. The molecule has 0 aliphatic carbocycles. The number of pyridine rings is 1. The minimum Gasteiger partial charge on any atom is -0.340 e. The standard InChI is InChI=1S/C13H9ClN4/c14-9-3-1-4-10(7-9)18-13-11-5-2-6-15-12(11)16-8-17-13/h1-8H,(H,15,16,17,18). The Labute approximate surface area is 109 Å². The number of hydrogen-bond acceptors (Lipinski definition) is 4. The van der Waals surface area contributed by atoms with Crippen LogP contribution < -0.4 is 5.32 Å². The lowest BCUT2D eigenvalue weighted by molar-refractivity contribution is 1.18. The lowest BCUT2D eigenvalue weighted by atomic mass is 10.3. The maximum absolute atomic E-state index is 5.94. The number of fused-ring (bicyclic) bond motifs is 1. The van der Waals surface area contributed by atoms with Gasteiger partial charge >= 0.3 is 0 Å². The summed E-state index contributed by atoms with van der Waals surface area (Å²) in [6.07, 6.45) is 3.20. The second-order valence-corrected chi connectivity index (χ2v) is 4.17. The molecular weight excluding hydrogens is 248 g/mol. The summed E-state index contributed by atoms with van der Waals surface area (Å²) in [6, 6.07) is 11.3. The quantitative estimate of drug-likeness (QED) is 0.763. The van der Waals surface area contributed by atoms with Gasteiger partial charge in [-0.25, -0.2) is 15.0 Å². The molecule has 0 bridgehead atoms. The number of hydrogen-bond donors (Lipinski definition) is 1. The van der Waals surface area contributed by atoms with E-state index in [1.807, 2.05) is 36.4 Å². The van der Waals surface area contributed by atoms with Gasteiger partial charge in [-0.3, -0.25) is 0 Å². The van der Waals surface area contributed by atoms with Gasteiger partial charge < -0.3 is 5.32 Å². The third-order valence-electron chi connectivity index (χ3n) is 2.50. The van der Waals surface area contributed by atoms with E-state index >= 15 is 0 Å². The molecule has 1 aromatic carbocycles. The first-order valence-electron chi connectivity index (χ1n) is 5.41. The summed E-state index contributed by atoms with van der Waals surface area (Å²) in [7, 11) is 0. The monoisotopic (exact) mass is 256 g/mol. The molecule has 1 N–H and O–H groups in total. The van der Waals surface area contributed by atoms with Gasteiger partial charge in [0.25, 0.3) is 0 Å². The van der Waals surface area contributed by atoms with Crippen LogP contribution in [0.15, 0.2) is 48.9 Å². The van der Waals surface area contributed by atoms with E-state index in [9.17, 15) is 0 Å². The third kappa shape index (κ3) is 2.10. The number of halogens is 1. The van der Waals surface area contributed by atoms with Crippen LogP contribution in [-0.2, 0) is 0 Å². The van der Waals surface area contributed by atoms with Crippen molar-refractivity contribution in [1.82, 2.24) is 15.0 Å². The zero-order valence-electron chi connectivity index (χ0n) is 9.34. The van der Waals surface area contributed by atoms with Gasteiger partial charge in [0, 0.05) is 16.9 Å². The highest BCUT2D eigenvalue weighted by Crippen LogP contribution is 2.23. The second-order valence-electron chi connectivity index (χ2n) is 3.73. The van der Waals surface area contributed by atoms with Crippen molar-refractivity contribution in [1.29, 1.82) is 0 Å². The Hall–Kier alpha value is -2.20. The normalized spacial score (nSPS) is 10.5. The van der Waals surface area contributed by atoms with E-state index in [1.54, 1.807) is 6.20 Å². The number of benzene rings is 1. The van der Waals surface area contributed by atoms with Gasteiger partial charge in [0.15, 0.2) is 5.65 Å². The van der Waals surface area contributed by atoms with Crippen LogP contribution in [0.5, 0.6) is 0 Å². The Morgan fingerprint density at radius 3 is 2.83 bits per heavy atom. The number of nitrogens with zero attached hydrogens (tertiary/aromatic N) is 3. The number of anilines is 2. The molecule has 0 radical (unpaired) electrons. The van der Waals surface area contributed by atoms with Crippen molar-refractivity contribution in [2.45, 2.75) is 0 Å². The van der Waals surface area contributed by atoms with Gasteiger partial charge in [-0.15, -0.1) is 0 Å². The average molecular weight is 257 g/mol. The SMILES string of the molecule is Clc1cccc(Nc2ncnc3ncccc23)c1. The van der Waals surface area contributed by atoms with E-state index in [-0.39, 0.29) is 0 Å². The van der Waals surface area contributed by atoms with Crippen LogP contribution in [0.25, 0.3) is 11.0 Å². The van der Waals surface area contributed by atoms with Gasteiger partial charge in [-0.05, 0) is 30.3 Å². The van der Waals surface area contributed by atoms with Crippen molar-refractivity contribution in [3.05, 3.63) is 53.9 Å². The molecule has 0 amide bonds. The molecule has 5 heteroatoms. The van der Waals surface area contributed by atoms with Crippen LogP contribution in [0, 0.1) is 0 Å². The molecule has 3 aromatic rings. The fourth-order valence-corrected chi connectivity index (χ4v) is 1.89. The fraction of sp³-hybridized carbons (Fsp3) is 0. The van der Waals surface area contributed by atoms with Crippen LogP contribution in [0.1, 0.15) is 0 Å². The molecule has 0 atom stereocenters. The molecule has 2 heterocycles. The number of rotatable bonds is 2. The molecule has 2 aromatic heterocycles. The van der Waals surface area contributed by atoms with E-state index in [2.05, 4.69) is 20.3 Å². The summed E-state index contributed by atoms with van der Waals surface area (Å²) >= 11 is 5.94. The second kappa shape index (κ2) is 4.58. The molecule has 4 nitrogen and oxygen atoms in total. The zero-order chi connectivity index (χ0) is 12.4. The Morgan fingerprint density at radius 1 is 1.00 bits per heavy atom. The van der Waals surface area contributed by atoms with Crippen LogP contribution in [0.2, 0.25) is 5.02 Å². The highest BCUT2D eigenvalue weighted by molar-refractivity contribution is 6.30. The van der Waals surface area contributed by atoms with Crippen LogP contribution in [0.4, 0.5) is 11.5 Å². The first-order chi connectivity index (χ1) is 8.83. The maximum Gasteiger partial charge on any atom is 0.164 e. The van der Waals surface area contributed by atoms with Crippen LogP contribution >= 0.6 is 11.6 Å². The molecule has 3 rings (SSSR count). The molecule has 0 saturated carbocycles. The molecule has 0 spiro atoms. The molecule has 0 aliphatic rings. The van der Waals surface area contributed by atoms with E-state index in [0.717, 1.165) is 16.9 Å². The predicted octanol–water partition coefficient (Wildman–Crippen LogP) is 3.42. The predicted molar refractivity (Wildman–Crippen MR) is 72.1 cm³/mol. The average Bonchev–Trinajstić information content (AvgIpc) is 2.39. The lowest BCUT2D eigenvalue weighted by Gasteiger charge is -2.07. The summed E-state index contributed by atoms with van der Waals surface area (Å²) in [6.45, 7) is 0. The summed E-state index contributed by atoms with van der Waals surface area (Å²) in [5.74, 6) is 0.718. The van der Waals surface area contributed by atoms with Crippen molar-refractivity contribution >= 4 is 34.1 Å². The third-order valence-corrected chi connectivity index (χ3v) is 2.73. The van der Waals surface area contributed by atoms with Gasteiger partial charge in [-0.2, -0.15) is 0 Å². The van der Waals surface area contributed by atoms with E-state index < -0.39 is 0 Å². The van der Waals surface area contributed by atoms with Gasteiger partial charge in [0.05, 0.1) is 5.39 Å². The maximum atomic E-state index is 5.94. The smallest absolute Gasteiger partial charge is 0.164 e. The first kappa shape index (κ1) is 10.9. The minimum atomic E-state index is 0.664. The largest absolute Gasteiger partial charge is 0.340 e. The molecule has 88 valence electrons. The molecule has 0 unspecified atom stereocenters. The highest BCUT2D eigenvalue weighted by Gasteiger charge is 2.04. The summed E-state index contributed by atoms with van der Waals surface area (Å²) < 4.78 is 0. The van der Waals surface area contributed by atoms with Crippen LogP contribution in [-0.4, -0.2) is 15.0 Å². The Morgan fingerprint density at radius 2 is 1.94 bits per heavy atom. The summed E-state index contributed by atoms with van der Waals surface area (Å²) in [4.78, 5) is 12.5. The fourth-order valence-electron chi connectivity index (χ4n) is 1.70. The Bertz CT molecular complexity index is 694. The molecule has 0 aliphatic heterocycles. The van der Waals surface area contributed by atoms with E-state index in [4.69, 9.17) is 11.6 Å².